The Labute approximate surface area is 181 Å². The molecule has 0 spiro atoms. The van der Waals surface area contributed by atoms with E-state index in [1.165, 1.54) is 0 Å². The van der Waals surface area contributed by atoms with Crippen LogP contribution in [0.15, 0.2) is 28.0 Å². The summed E-state index contributed by atoms with van der Waals surface area (Å²) >= 11 is 0. The van der Waals surface area contributed by atoms with Crippen LogP contribution >= 0.6 is 0 Å². The number of sulfonamides is 1. The summed E-state index contributed by atoms with van der Waals surface area (Å²) in [4.78, 5) is 12.9. The number of rotatable bonds is 6. The lowest BCUT2D eigenvalue weighted by Gasteiger charge is -2.31. The quantitative estimate of drug-likeness (QED) is 0.568. The summed E-state index contributed by atoms with van der Waals surface area (Å²) in [6, 6.07) is 0.0952. The molecule has 1 aliphatic rings. The minimum atomic E-state index is -3.63. The van der Waals surface area contributed by atoms with Crippen molar-refractivity contribution in [1.82, 2.24) is 34.2 Å². The van der Waals surface area contributed by atoms with Gasteiger partial charge in [0.2, 0.25) is 21.7 Å². The van der Waals surface area contributed by atoms with Crippen LogP contribution in [-0.2, 0) is 16.4 Å². The first-order valence-corrected chi connectivity index (χ1v) is 11.9. The van der Waals surface area contributed by atoms with E-state index in [4.69, 9.17) is 4.52 Å². The van der Waals surface area contributed by atoms with Crippen molar-refractivity contribution in [2.45, 2.75) is 57.9 Å². The smallest absolute Gasteiger partial charge is 0.246 e. The normalized spacial score (nSPS) is 18.0. The van der Waals surface area contributed by atoms with Crippen LogP contribution in [0.25, 0.3) is 11.5 Å². The molecule has 1 saturated heterocycles. The molecular weight excluding hydrogens is 418 g/mol. The van der Waals surface area contributed by atoms with E-state index in [1.54, 1.807) is 34.5 Å². The highest BCUT2D eigenvalue weighted by molar-refractivity contribution is 7.89. The monoisotopic (exact) mass is 445 g/mol. The van der Waals surface area contributed by atoms with E-state index in [0.29, 0.717) is 53.2 Å². The minimum Gasteiger partial charge on any atom is -0.339 e. The first-order chi connectivity index (χ1) is 14.8. The fourth-order valence-corrected chi connectivity index (χ4v) is 6.08. The van der Waals surface area contributed by atoms with Gasteiger partial charge < -0.3 is 4.52 Å². The lowest BCUT2D eigenvalue weighted by molar-refractivity contribution is 0.247. The van der Waals surface area contributed by atoms with Crippen LogP contribution in [-0.4, -0.2) is 55.7 Å². The van der Waals surface area contributed by atoms with Gasteiger partial charge in [0, 0.05) is 37.9 Å². The van der Waals surface area contributed by atoms with Crippen molar-refractivity contribution in [1.29, 1.82) is 0 Å². The van der Waals surface area contributed by atoms with E-state index >= 15 is 0 Å². The van der Waals surface area contributed by atoms with Crippen LogP contribution in [0.2, 0.25) is 0 Å². The predicted octanol–water partition coefficient (Wildman–Crippen LogP) is 2.56. The Balaban J connectivity index is 1.51. The molecule has 0 amide bonds. The zero-order chi connectivity index (χ0) is 22.2. The van der Waals surface area contributed by atoms with Gasteiger partial charge in [0.25, 0.3) is 0 Å². The first kappa shape index (κ1) is 21.6. The Morgan fingerprint density at radius 3 is 2.74 bits per heavy atom. The lowest BCUT2D eigenvalue weighted by atomic mass is 9.96. The fraction of sp³-hybridized carbons (Fsp3) is 0.550. The summed E-state index contributed by atoms with van der Waals surface area (Å²) in [7, 11) is -3.63. The number of hydrogen-bond acceptors (Lipinski definition) is 8. The maximum absolute atomic E-state index is 13.5. The number of aromatic nitrogens is 6. The van der Waals surface area contributed by atoms with Crippen molar-refractivity contribution >= 4 is 10.0 Å². The molecule has 31 heavy (non-hydrogen) atoms. The van der Waals surface area contributed by atoms with Crippen molar-refractivity contribution in [3.05, 3.63) is 35.9 Å². The largest absolute Gasteiger partial charge is 0.339 e. The summed E-state index contributed by atoms with van der Waals surface area (Å²) < 4.78 is 35.6. The molecule has 166 valence electrons. The fourth-order valence-electron chi connectivity index (χ4n) is 4.17. The summed E-state index contributed by atoms with van der Waals surface area (Å²) in [6.45, 7) is 8.47. The molecular formula is C20H27N7O3S. The Morgan fingerprint density at radius 1 is 1.26 bits per heavy atom. The highest BCUT2D eigenvalue weighted by Gasteiger charge is 2.35. The summed E-state index contributed by atoms with van der Waals surface area (Å²) in [5, 5.41) is 8.43. The van der Waals surface area contributed by atoms with Gasteiger partial charge in [0.1, 0.15) is 10.6 Å². The van der Waals surface area contributed by atoms with Crippen LogP contribution in [0.4, 0.5) is 0 Å². The average molecular weight is 446 g/mol. The van der Waals surface area contributed by atoms with Gasteiger partial charge in [-0.2, -0.15) is 14.4 Å². The Kier molecular flexibility index (Phi) is 5.89. The lowest BCUT2D eigenvalue weighted by Crippen LogP contribution is -2.40. The second kappa shape index (κ2) is 8.46. The molecule has 0 aliphatic carbocycles. The number of aryl methyl sites for hydroxylation is 1. The predicted molar refractivity (Wildman–Crippen MR) is 113 cm³/mol. The van der Waals surface area contributed by atoms with Crippen molar-refractivity contribution in [2.24, 2.45) is 5.92 Å². The molecule has 4 heterocycles. The molecule has 1 atom stereocenters. The zero-order valence-electron chi connectivity index (χ0n) is 18.2. The molecule has 10 nitrogen and oxygen atoms in total. The van der Waals surface area contributed by atoms with Gasteiger partial charge in [-0.15, -0.1) is 0 Å². The Morgan fingerprint density at radius 2 is 2.06 bits per heavy atom. The van der Waals surface area contributed by atoms with Crippen molar-refractivity contribution in [3.8, 4) is 11.5 Å². The maximum Gasteiger partial charge on any atom is 0.246 e. The molecule has 0 bridgehead atoms. The topological polar surface area (TPSA) is 120 Å². The third-order valence-corrected chi connectivity index (χ3v) is 7.67. The van der Waals surface area contributed by atoms with Crippen molar-refractivity contribution in [2.75, 3.05) is 13.1 Å². The first-order valence-electron chi connectivity index (χ1n) is 10.4. The second-order valence-electron chi connectivity index (χ2n) is 8.22. The molecule has 1 unspecified atom stereocenters. The van der Waals surface area contributed by atoms with Gasteiger partial charge in [-0.25, -0.2) is 13.4 Å². The standard InChI is InChI=1S/C20H27N7O3S/c1-13(2)27-15(4)19(14(3)24-27)31(28,29)26-9-5-6-16(12-26)10-18-23-20(25-30-18)17-11-21-7-8-22-17/h7-8,11,13,16H,5-6,9-10,12H2,1-4H3. The third-order valence-electron chi connectivity index (χ3n) is 5.55. The van der Waals surface area contributed by atoms with Gasteiger partial charge in [0.15, 0.2) is 0 Å². The van der Waals surface area contributed by atoms with E-state index in [0.717, 1.165) is 12.8 Å². The Bertz CT molecular complexity index is 1150. The minimum absolute atomic E-state index is 0.0952. The van der Waals surface area contributed by atoms with E-state index in [9.17, 15) is 8.42 Å². The van der Waals surface area contributed by atoms with Crippen LogP contribution in [0, 0.1) is 19.8 Å². The molecule has 0 aromatic carbocycles. The molecule has 1 fully saturated rings. The van der Waals surface area contributed by atoms with Crippen LogP contribution in [0.3, 0.4) is 0 Å². The molecule has 11 heteroatoms. The van der Waals surface area contributed by atoms with E-state index in [-0.39, 0.29) is 12.0 Å². The molecule has 3 aromatic heterocycles. The second-order valence-corrected chi connectivity index (χ2v) is 10.1. The van der Waals surface area contributed by atoms with Gasteiger partial charge in [-0.3, -0.25) is 9.67 Å². The average Bonchev–Trinajstić information content (AvgIpc) is 3.33. The van der Waals surface area contributed by atoms with Crippen LogP contribution < -0.4 is 0 Å². The van der Waals surface area contributed by atoms with Gasteiger partial charge in [-0.05, 0) is 46.5 Å². The SMILES string of the molecule is Cc1nn(C(C)C)c(C)c1S(=O)(=O)N1CCCC(Cc2nc(-c3cnccn3)no2)C1. The molecule has 4 rings (SSSR count). The van der Waals surface area contributed by atoms with Crippen molar-refractivity contribution in [3.63, 3.8) is 0 Å². The highest BCUT2D eigenvalue weighted by Crippen LogP contribution is 2.30. The summed E-state index contributed by atoms with van der Waals surface area (Å²) in [6.07, 6.45) is 6.92. The Hall–Kier alpha value is -2.66. The van der Waals surface area contributed by atoms with Crippen LogP contribution in [0.1, 0.15) is 50.0 Å². The zero-order valence-corrected chi connectivity index (χ0v) is 19.0. The molecule has 0 N–H and O–H groups in total. The summed E-state index contributed by atoms with van der Waals surface area (Å²) in [5.74, 6) is 0.958. The van der Waals surface area contributed by atoms with Crippen molar-refractivity contribution < 1.29 is 12.9 Å². The molecule has 0 radical (unpaired) electrons. The van der Waals surface area contributed by atoms with E-state index in [2.05, 4.69) is 25.2 Å². The highest BCUT2D eigenvalue weighted by atomic mass is 32.2. The van der Waals surface area contributed by atoms with Gasteiger partial charge >= 0.3 is 0 Å². The summed E-state index contributed by atoms with van der Waals surface area (Å²) in [5.41, 5.74) is 1.76. The number of nitrogens with zero attached hydrogens (tertiary/aromatic N) is 7. The van der Waals surface area contributed by atoms with E-state index in [1.807, 2.05) is 20.8 Å². The molecule has 3 aromatic rings. The van der Waals surface area contributed by atoms with Gasteiger partial charge in [-0.1, -0.05) is 5.16 Å². The number of piperidine rings is 1. The number of hydrogen-bond donors (Lipinski definition) is 0. The molecule has 1 aliphatic heterocycles. The third kappa shape index (κ3) is 4.24. The molecule has 0 saturated carbocycles. The maximum atomic E-state index is 13.5. The van der Waals surface area contributed by atoms with E-state index < -0.39 is 10.0 Å². The van der Waals surface area contributed by atoms with Crippen LogP contribution in [0.5, 0.6) is 0 Å². The van der Waals surface area contributed by atoms with Gasteiger partial charge in [0.05, 0.1) is 17.6 Å².